The van der Waals surface area contributed by atoms with Gasteiger partial charge in [0.2, 0.25) is 0 Å². The van der Waals surface area contributed by atoms with E-state index in [0.717, 1.165) is 36.5 Å². The second kappa shape index (κ2) is 10.4. The summed E-state index contributed by atoms with van der Waals surface area (Å²) in [4.78, 5) is 4.42. The number of hydrogen-bond acceptors (Lipinski definition) is 4. The highest BCUT2D eigenvalue weighted by Gasteiger charge is 2.43. The van der Waals surface area contributed by atoms with Gasteiger partial charge in [0.1, 0.15) is 22.8 Å². The van der Waals surface area contributed by atoms with Crippen molar-refractivity contribution in [2.45, 2.75) is 50.2 Å². The average molecular weight is 537 g/mol. The van der Waals surface area contributed by atoms with E-state index in [0.29, 0.717) is 18.7 Å². The van der Waals surface area contributed by atoms with Gasteiger partial charge in [-0.3, -0.25) is 4.99 Å². The molecule has 0 bridgehead atoms. The number of fused-ring (bicyclic) bond motifs is 1. The zero-order valence-corrected chi connectivity index (χ0v) is 20.5. The Morgan fingerprint density at radius 2 is 2.00 bits per heavy atom. The van der Waals surface area contributed by atoms with Crippen molar-refractivity contribution in [1.29, 1.82) is 0 Å². The maximum Gasteiger partial charge on any atom is 0.191 e. The molecule has 0 amide bonds. The van der Waals surface area contributed by atoms with Crippen LogP contribution in [0.25, 0.3) is 0 Å². The molecule has 1 spiro atoms. The first-order chi connectivity index (χ1) is 14.6. The molecule has 2 aromatic carbocycles. The van der Waals surface area contributed by atoms with Gasteiger partial charge in [-0.05, 0) is 49.8 Å². The van der Waals surface area contributed by atoms with Crippen molar-refractivity contribution in [3.63, 3.8) is 0 Å². The molecule has 3 N–H and O–H groups in total. The Balaban J connectivity index is 0.00000272. The normalized spacial score (nSPS) is 19.2. The third-order valence-corrected chi connectivity index (χ3v) is 6.23. The van der Waals surface area contributed by atoms with Crippen molar-refractivity contribution in [3.05, 3.63) is 53.6 Å². The highest BCUT2D eigenvalue weighted by atomic mass is 127. The van der Waals surface area contributed by atoms with Crippen LogP contribution in [0.3, 0.4) is 0 Å². The van der Waals surface area contributed by atoms with E-state index >= 15 is 0 Å². The number of phenolic OH excluding ortho intramolecular Hbond substituents is 1. The summed E-state index contributed by atoms with van der Waals surface area (Å²) in [5.74, 6) is 2.65. The summed E-state index contributed by atoms with van der Waals surface area (Å²) >= 11 is 0. The van der Waals surface area contributed by atoms with Crippen LogP contribution in [0.4, 0.5) is 0 Å². The highest BCUT2D eigenvalue weighted by Crippen LogP contribution is 2.46. The minimum Gasteiger partial charge on any atom is -0.508 e. The first kappa shape index (κ1) is 23.5. The molecule has 7 heteroatoms. The number of guanidine groups is 1. The van der Waals surface area contributed by atoms with Crippen LogP contribution in [0.1, 0.15) is 49.3 Å². The number of rotatable bonds is 5. The quantitative estimate of drug-likeness (QED) is 0.296. The Bertz CT molecular complexity index is 913. The number of para-hydroxylation sites is 1. The van der Waals surface area contributed by atoms with Gasteiger partial charge in [-0.15, -0.1) is 24.0 Å². The van der Waals surface area contributed by atoms with Crippen LogP contribution in [0.15, 0.2) is 47.5 Å². The van der Waals surface area contributed by atoms with Gasteiger partial charge in [-0.1, -0.05) is 24.3 Å². The topological polar surface area (TPSA) is 75.1 Å². The second-order valence-electron chi connectivity index (χ2n) is 8.17. The molecule has 0 saturated heterocycles. The molecule has 1 atom stereocenters. The fourth-order valence-corrected chi connectivity index (χ4v) is 4.63. The number of phenols is 1. The minimum atomic E-state index is -0.0558. The third-order valence-electron chi connectivity index (χ3n) is 6.23. The Hall–Kier alpha value is -2.16. The number of hydrogen-bond donors (Lipinski definition) is 3. The Labute approximate surface area is 201 Å². The van der Waals surface area contributed by atoms with Gasteiger partial charge in [0.05, 0.1) is 13.2 Å². The molecule has 1 heterocycles. The number of nitrogens with zero attached hydrogens (tertiary/aromatic N) is 1. The number of halogens is 1. The van der Waals surface area contributed by atoms with Crippen molar-refractivity contribution < 1.29 is 14.6 Å². The van der Waals surface area contributed by atoms with Gasteiger partial charge in [0.25, 0.3) is 0 Å². The SMILES string of the molecule is CN=C(NCCc1ccc(OC)cc1O)NC1CC2(CCCC2)Oc2ccccc21.I. The van der Waals surface area contributed by atoms with Gasteiger partial charge in [-0.25, -0.2) is 0 Å². The van der Waals surface area contributed by atoms with Gasteiger partial charge in [0.15, 0.2) is 5.96 Å². The molecule has 1 unspecified atom stereocenters. The molecule has 6 nitrogen and oxygen atoms in total. The van der Waals surface area contributed by atoms with Crippen LogP contribution < -0.4 is 20.1 Å². The summed E-state index contributed by atoms with van der Waals surface area (Å²) in [7, 11) is 3.38. The monoisotopic (exact) mass is 537 g/mol. The van der Waals surface area contributed by atoms with Gasteiger partial charge >= 0.3 is 0 Å². The number of benzene rings is 2. The van der Waals surface area contributed by atoms with E-state index in [1.807, 2.05) is 18.2 Å². The molecule has 0 aromatic heterocycles. The minimum absolute atomic E-state index is 0. The van der Waals surface area contributed by atoms with Crippen molar-refractivity contribution >= 4 is 29.9 Å². The molecular weight excluding hydrogens is 505 g/mol. The standard InChI is InChI=1S/C24H31N3O3.HI/c1-25-23(26-14-11-17-9-10-18(29-2)15-21(17)28)27-20-16-24(12-5-6-13-24)30-22-8-4-3-7-19(20)22;/h3-4,7-10,15,20,28H,5-6,11-14,16H2,1-2H3,(H2,25,26,27);1H. The third kappa shape index (κ3) is 5.37. The van der Waals surface area contributed by atoms with Gasteiger partial charge in [0, 0.05) is 31.6 Å². The van der Waals surface area contributed by atoms with Crippen LogP contribution >= 0.6 is 24.0 Å². The summed E-state index contributed by atoms with van der Waals surface area (Å²) in [5, 5.41) is 17.2. The van der Waals surface area contributed by atoms with Crippen LogP contribution in [0.2, 0.25) is 0 Å². The highest BCUT2D eigenvalue weighted by molar-refractivity contribution is 14.0. The smallest absolute Gasteiger partial charge is 0.191 e. The number of aromatic hydroxyl groups is 1. The van der Waals surface area contributed by atoms with Crippen molar-refractivity contribution in [1.82, 2.24) is 10.6 Å². The largest absolute Gasteiger partial charge is 0.508 e. The van der Waals surface area contributed by atoms with Crippen LogP contribution in [-0.4, -0.2) is 37.4 Å². The Morgan fingerprint density at radius 3 is 2.71 bits per heavy atom. The zero-order valence-electron chi connectivity index (χ0n) is 18.2. The summed E-state index contributed by atoms with van der Waals surface area (Å²) in [6, 6.07) is 13.9. The summed E-state index contributed by atoms with van der Waals surface area (Å²) in [5.41, 5.74) is 2.01. The van der Waals surface area contributed by atoms with E-state index in [1.54, 1.807) is 20.2 Å². The lowest BCUT2D eigenvalue weighted by atomic mass is 9.86. The predicted octanol–water partition coefficient (Wildman–Crippen LogP) is 4.56. The fourth-order valence-electron chi connectivity index (χ4n) is 4.63. The molecule has 1 aliphatic carbocycles. The van der Waals surface area contributed by atoms with Crippen LogP contribution in [-0.2, 0) is 6.42 Å². The molecular formula is C24H32IN3O3. The van der Waals surface area contributed by atoms with Crippen molar-refractivity contribution in [2.75, 3.05) is 20.7 Å². The number of ether oxygens (including phenoxy) is 2. The van der Waals surface area contributed by atoms with Crippen molar-refractivity contribution in [3.8, 4) is 17.2 Å². The van der Waals surface area contributed by atoms with E-state index in [2.05, 4.69) is 33.8 Å². The zero-order chi connectivity index (χ0) is 21.0. The molecule has 0 radical (unpaired) electrons. The molecule has 2 aliphatic rings. The van der Waals surface area contributed by atoms with E-state index < -0.39 is 0 Å². The summed E-state index contributed by atoms with van der Waals surface area (Å²) in [6.07, 6.45) is 6.32. The molecule has 31 heavy (non-hydrogen) atoms. The second-order valence-corrected chi connectivity index (χ2v) is 8.17. The number of aliphatic imine (C=N–C) groups is 1. The lowest BCUT2D eigenvalue weighted by Gasteiger charge is -2.40. The molecule has 1 saturated carbocycles. The van der Waals surface area contributed by atoms with E-state index in [9.17, 15) is 5.11 Å². The maximum atomic E-state index is 10.2. The molecule has 2 aromatic rings. The van der Waals surface area contributed by atoms with E-state index in [1.165, 1.54) is 18.4 Å². The summed E-state index contributed by atoms with van der Waals surface area (Å²) in [6.45, 7) is 0.662. The maximum absolute atomic E-state index is 10.2. The Kier molecular flexibility index (Phi) is 7.91. The van der Waals surface area contributed by atoms with Crippen LogP contribution in [0, 0.1) is 0 Å². The number of methoxy groups -OCH3 is 1. The first-order valence-electron chi connectivity index (χ1n) is 10.7. The number of nitrogens with one attached hydrogen (secondary N) is 2. The van der Waals surface area contributed by atoms with Gasteiger partial charge in [-0.2, -0.15) is 0 Å². The fraction of sp³-hybridized carbons (Fsp3) is 0.458. The first-order valence-corrected chi connectivity index (χ1v) is 10.7. The van der Waals surface area contributed by atoms with E-state index in [4.69, 9.17) is 9.47 Å². The Morgan fingerprint density at radius 1 is 1.23 bits per heavy atom. The molecule has 4 rings (SSSR count). The summed E-state index contributed by atoms with van der Waals surface area (Å²) < 4.78 is 11.6. The van der Waals surface area contributed by atoms with Crippen LogP contribution in [0.5, 0.6) is 17.2 Å². The van der Waals surface area contributed by atoms with Gasteiger partial charge < -0.3 is 25.2 Å². The predicted molar refractivity (Wildman–Crippen MR) is 134 cm³/mol. The molecule has 168 valence electrons. The van der Waals surface area contributed by atoms with E-state index in [-0.39, 0.29) is 41.4 Å². The lowest BCUT2D eigenvalue weighted by molar-refractivity contribution is 0.0396. The average Bonchev–Trinajstić information content (AvgIpc) is 3.21. The molecule has 1 aliphatic heterocycles. The molecule has 1 fully saturated rings. The van der Waals surface area contributed by atoms with Crippen molar-refractivity contribution in [2.24, 2.45) is 4.99 Å². The lowest BCUT2D eigenvalue weighted by Crippen LogP contribution is -2.47.